The summed E-state index contributed by atoms with van der Waals surface area (Å²) in [4.78, 5) is 2.98. The second kappa shape index (κ2) is 9.33. The lowest BCUT2D eigenvalue weighted by molar-refractivity contribution is 0.478. The van der Waals surface area contributed by atoms with Gasteiger partial charge in [0.1, 0.15) is 0 Å². The third-order valence-corrected chi connectivity index (χ3v) is 4.84. The molecule has 1 aromatic rings. The van der Waals surface area contributed by atoms with E-state index in [4.69, 9.17) is 0 Å². The van der Waals surface area contributed by atoms with Gasteiger partial charge in [0.2, 0.25) is 0 Å². The van der Waals surface area contributed by atoms with Crippen LogP contribution >= 0.6 is 11.3 Å². The Morgan fingerprint density at radius 1 is 1.32 bits per heavy atom. The molecule has 19 heavy (non-hydrogen) atoms. The second-order valence-corrected chi connectivity index (χ2v) is 6.61. The van der Waals surface area contributed by atoms with Crippen LogP contribution in [0.2, 0.25) is 0 Å². The van der Waals surface area contributed by atoms with E-state index in [0.29, 0.717) is 6.04 Å². The van der Waals surface area contributed by atoms with E-state index in [-0.39, 0.29) is 0 Å². The fourth-order valence-corrected chi connectivity index (χ4v) is 3.40. The van der Waals surface area contributed by atoms with Gasteiger partial charge in [-0.1, -0.05) is 25.8 Å². The van der Waals surface area contributed by atoms with Crippen LogP contribution in [0, 0.1) is 13.8 Å². The number of hydrogen-bond donors (Lipinski definition) is 1. The van der Waals surface area contributed by atoms with Crippen molar-refractivity contribution in [3.05, 3.63) is 34.0 Å². The average Bonchev–Trinajstić information content (AvgIpc) is 2.73. The molecule has 0 aliphatic rings. The molecule has 1 nitrogen and oxygen atoms in total. The van der Waals surface area contributed by atoms with Crippen LogP contribution < -0.4 is 5.32 Å². The largest absolute Gasteiger partial charge is 0.309 e. The molecule has 1 atom stereocenters. The monoisotopic (exact) mass is 279 g/mol. The maximum Gasteiger partial charge on any atom is 0.0414 e. The third-order valence-electron chi connectivity index (χ3n) is 3.57. The molecule has 0 aliphatic carbocycles. The van der Waals surface area contributed by atoms with Gasteiger partial charge in [-0.05, 0) is 57.7 Å². The van der Waals surface area contributed by atoms with Crippen molar-refractivity contribution < 1.29 is 0 Å². The molecule has 2 heteroatoms. The first-order chi connectivity index (χ1) is 9.19. The molecule has 1 aromatic heterocycles. The summed E-state index contributed by atoms with van der Waals surface area (Å²) in [7, 11) is 0. The summed E-state index contributed by atoms with van der Waals surface area (Å²) in [5, 5.41) is 3.71. The van der Waals surface area contributed by atoms with Crippen molar-refractivity contribution in [1.82, 2.24) is 5.32 Å². The van der Waals surface area contributed by atoms with Gasteiger partial charge in [0.25, 0.3) is 0 Å². The zero-order chi connectivity index (χ0) is 14.1. The Morgan fingerprint density at radius 3 is 2.68 bits per heavy atom. The van der Waals surface area contributed by atoms with Crippen molar-refractivity contribution in [3.8, 4) is 0 Å². The Hall–Kier alpha value is -0.600. The highest BCUT2D eigenvalue weighted by molar-refractivity contribution is 7.12. The molecular weight excluding hydrogens is 250 g/mol. The van der Waals surface area contributed by atoms with Crippen LogP contribution in [0.1, 0.15) is 66.8 Å². The van der Waals surface area contributed by atoms with Crippen molar-refractivity contribution >= 4 is 11.3 Å². The van der Waals surface area contributed by atoms with Crippen molar-refractivity contribution in [2.45, 2.75) is 65.3 Å². The quantitative estimate of drug-likeness (QED) is 0.438. The van der Waals surface area contributed by atoms with Crippen LogP contribution in [-0.4, -0.2) is 6.54 Å². The molecule has 0 spiro atoms. The number of aryl methyl sites for hydroxylation is 2. The number of unbranched alkanes of at least 4 members (excludes halogenated alkanes) is 3. The van der Waals surface area contributed by atoms with E-state index in [0.717, 1.165) is 13.0 Å². The van der Waals surface area contributed by atoms with E-state index in [2.05, 4.69) is 38.7 Å². The highest BCUT2D eigenvalue weighted by atomic mass is 32.1. The van der Waals surface area contributed by atoms with Gasteiger partial charge < -0.3 is 5.32 Å². The molecule has 108 valence electrons. The Kier molecular flexibility index (Phi) is 8.08. The summed E-state index contributed by atoms with van der Waals surface area (Å²) >= 11 is 1.96. The molecule has 0 bridgehead atoms. The van der Waals surface area contributed by atoms with Gasteiger partial charge in [-0.3, -0.25) is 0 Å². The summed E-state index contributed by atoms with van der Waals surface area (Å²) in [5.74, 6) is 0. The van der Waals surface area contributed by atoms with E-state index in [9.17, 15) is 0 Å². The number of hydrogen-bond acceptors (Lipinski definition) is 2. The van der Waals surface area contributed by atoms with Crippen LogP contribution in [0.25, 0.3) is 0 Å². The predicted octanol–water partition coefficient (Wildman–Crippen LogP) is 5.54. The number of thiophene rings is 1. The van der Waals surface area contributed by atoms with Crippen LogP contribution in [-0.2, 0) is 0 Å². The van der Waals surface area contributed by atoms with Crippen LogP contribution in [0.3, 0.4) is 0 Å². The minimum Gasteiger partial charge on any atom is -0.309 e. The normalized spacial score (nSPS) is 12.6. The summed E-state index contributed by atoms with van der Waals surface area (Å²) in [6, 6.07) is 2.93. The maximum absolute atomic E-state index is 3.78. The van der Waals surface area contributed by atoms with E-state index >= 15 is 0 Å². The minimum atomic E-state index is 0.557. The molecule has 0 fully saturated rings. The molecular formula is C17H29NS. The topological polar surface area (TPSA) is 12.0 Å². The molecule has 0 aliphatic heterocycles. The molecule has 0 saturated carbocycles. The van der Waals surface area contributed by atoms with Gasteiger partial charge in [-0.2, -0.15) is 0 Å². The lowest BCUT2D eigenvalue weighted by atomic mass is 10.0. The van der Waals surface area contributed by atoms with Gasteiger partial charge in [-0.25, -0.2) is 0 Å². The van der Waals surface area contributed by atoms with Crippen LogP contribution in [0.4, 0.5) is 0 Å². The molecule has 1 rings (SSSR count). The number of nitrogens with one attached hydrogen (secondary N) is 1. The summed E-state index contributed by atoms with van der Waals surface area (Å²) < 4.78 is 0. The second-order valence-electron chi connectivity index (χ2n) is 5.32. The first kappa shape index (κ1) is 16.5. The molecule has 1 heterocycles. The lowest BCUT2D eigenvalue weighted by Gasteiger charge is -2.17. The van der Waals surface area contributed by atoms with Crippen molar-refractivity contribution in [3.63, 3.8) is 0 Å². The molecule has 0 amide bonds. The van der Waals surface area contributed by atoms with Gasteiger partial charge >= 0.3 is 0 Å². The Morgan fingerprint density at radius 2 is 2.11 bits per heavy atom. The molecule has 1 unspecified atom stereocenters. The highest BCUT2D eigenvalue weighted by Gasteiger charge is 2.13. The van der Waals surface area contributed by atoms with Crippen LogP contribution in [0.5, 0.6) is 0 Å². The summed E-state index contributed by atoms with van der Waals surface area (Å²) in [6.45, 7) is 11.6. The summed E-state index contributed by atoms with van der Waals surface area (Å²) in [6.07, 6.45) is 9.56. The van der Waals surface area contributed by atoms with Crippen molar-refractivity contribution in [2.75, 3.05) is 6.54 Å². The highest BCUT2D eigenvalue weighted by Crippen LogP contribution is 2.29. The fourth-order valence-electron chi connectivity index (χ4n) is 2.25. The van der Waals surface area contributed by atoms with E-state index in [1.807, 2.05) is 17.4 Å². The Labute approximate surface area is 123 Å². The van der Waals surface area contributed by atoms with Crippen LogP contribution in [0.15, 0.2) is 18.7 Å². The number of allylic oxidation sites excluding steroid dienone is 1. The van der Waals surface area contributed by atoms with Crippen molar-refractivity contribution in [2.24, 2.45) is 0 Å². The zero-order valence-corrected chi connectivity index (χ0v) is 13.6. The fraction of sp³-hybridized carbons (Fsp3) is 0.647. The summed E-state index contributed by atoms with van der Waals surface area (Å²) in [5.41, 5.74) is 1.44. The molecule has 0 radical (unpaired) electrons. The smallest absolute Gasteiger partial charge is 0.0414 e. The standard InChI is InChI=1S/C17H29NS/c1-5-7-8-9-10-11-16(18-12-6-2)17-13-14(3)15(4)19-17/h5,13,16,18H,1,6-12H2,2-4H3. The van der Waals surface area contributed by atoms with Gasteiger partial charge in [0.15, 0.2) is 0 Å². The Bertz CT molecular complexity index is 348. The predicted molar refractivity (Wildman–Crippen MR) is 88.1 cm³/mol. The molecule has 1 N–H and O–H groups in total. The molecule has 0 saturated heterocycles. The van der Waals surface area contributed by atoms with Gasteiger partial charge in [0.05, 0.1) is 0 Å². The Balaban J connectivity index is 2.48. The average molecular weight is 279 g/mol. The minimum absolute atomic E-state index is 0.557. The zero-order valence-electron chi connectivity index (χ0n) is 12.8. The van der Waals surface area contributed by atoms with E-state index < -0.39 is 0 Å². The maximum atomic E-state index is 3.78. The first-order valence-corrected chi connectivity index (χ1v) is 8.41. The van der Waals surface area contributed by atoms with Crippen molar-refractivity contribution in [1.29, 1.82) is 0 Å². The van der Waals surface area contributed by atoms with Gasteiger partial charge in [0, 0.05) is 15.8 Å². The lowest BCUT2D eigenvalue weighted by Crippen LogP contribution is -2.21. The molecule has 0 aromatic carbocycles. The third kappa shape index (κ3) is 5.92. The first-order valence-electron chi connectivity index (χ1n) is 7.60. The SMILES string of the molecule is C=CCCCCCC(NCCC)c1cc(C)c(C)s1. The van der Waals surface area contributed by atoms with E-state index in [1.165, 1.54) is 47.4 Å². The number of rotatable bonds is 10. The van der Waals surface area contributed by atoms with Gasteiger partial charge in [-0.15, -0.1) is 17.9 Å². The van der Waals surface area contributed by atoms with E-state index in [1.54, 1.807) is 0 Å².